The topological polar surface area (TPSA) is 70.0 Å². The summed E-state index contributed by atoms with van der Waals surface area (Å²) in [6.07, 6.45) is -3.64. The molecule has 3 N–H and O–H groups in total. The summed E-state index contributed by atoms with van der Waals surface area (Å²) in [5.41, 5.74) is 0.824. The number of halogens is 4. The van der Waals surface area contributed by atoms with Gasteiger partial charge in [0.05, 0.1) is 39.5 Å². The number of nitrogens with zero attached hydrogens (tertiary/aromatic N) is 2. The van der Waals surface area contributed by atoms with E-state index in [4.69, 9.17) is 11.3 Å². The van der Waals surface area contributed by atoms with E-state index in [0.717, 1.165) is 42.4 Å². The smallest absolute Gasteiger partial charge is 0.393 e. The second-order valence-electron chi connectivity index (χ2n) is 9.60. The normalized spacial score (nSPS) is 14.2. The third-order valence-corrected chi connectivity index (χ3v) is 7.87. The van der Waals surface area contributed by atoms with E-state index in [0.29, 0.717) is 10.3 Å². The van der Waals surface area contributed by atoms with Gasteiger partial charge in [-0.05, 0) is 56.1 Å². The van der Waals surface area contributed by atoms with Crippen LogP contribution in [0, 0.1) is 24.2 Å². The van der Waals surface area contributed by atoms with E-state index in [2.05, 4.69) is 44.6 Å². The van der Waals surface area contributed by atoms with Crippen LogP contribution < -0.4 is 20.7 Å². The number of hydrogen-bond acceptors (Lipinski definition) is 6. The zero-order chi connectivity index (χ0) is 29.6. The van der Waals surface area contributed by atoms with Gasteiger partial charge in [0.1, 0.15) is 5.82 Å². The molecule has 0 radical (unpaired) electrons. The number of nitrogens with one attached hydrogen (secondary N) is 3. The number of fused-ring (bicyclic) bond motifs is 1. The molecular formula is C29H29F4N5O2S. The minimum Gasteiger partial charge on any atom is -0.424 e. The Bertz CT molecular complexity index is 1510. The monoisotopic (exact) mass is 587 g/mol. The quantitative estimate of drug-likeness (QED) is 0.179. The van der Waals surface area contributed by atoms with Crippen molar-refractivity contribution in [2.24, 2.45) is 0 Å². The largest absolute Gasteiger partial charge is 0.424 e. The van der Waals surface area contributed by atoms with Gasteiger partial charge in [0, 0.05) is 19.2 Å². The van der Waals surface area contributed by atoms with Crippen LogP contribution in [0.2, 0.25) is 0 Å². The highest BCUT2D eigenvalue weighted by Gasteiger charge is 2.31. The Hall–Kier alpha value is -4.00. The Morgan fingerprint density at radius 3 is 2.68 bits per heavy atom. The molecule has 0 unspecified atom stereocenters. The van der Waals surface area contributed by atoms with Crippen molar-refractivity contribution in [3.05, 3.63) is 63.6 Å². The van der Waals surface area contributed by atoms with E-state index in [9.17, 15) is 22.4 Å². The number of hydrogen-bond donors (Lipinski definition) is 3. The number of alkyl halides is 3. The number of likely N-dealkylation sites (tertiary alicyclic amines) is 1. The van der Waals surface area contributed by atoms with Crippen molar-refractivity contribution in [2.45, 2.75) is 31.5 Å². The van der Waals surface area contributed by atoms with Gasteiger partial charge in [-0.3, -0.25) is 9.64 Å². The van der Waals surface area contributed by atoms with E-state index in [1.807, 2.05) is 6.07 Å². The summed E-state index contributed by atoms with van der Waals surface area (Å²) < 4.78 is 61.3. The average molecular weight is 588 g/mol. The molecule has 0 bridgehead atoms. The Kier molecular flexibility index (Phi) is 9.58. The van der Waals surface area contributed by atoms with E-state index in [-0.39, 0.29) is 41.9 Å². The molecule has 1 aliphatic heterocycles. The van der Waals surface area contributed by atoms with Crippen molar-refractivity contribution in [3.8, 4) is 17.6 Å². The summed E-state index contributed by atoms with van der Waals surface area (Å²) >= 11 is 1.21. The molecule has 3 aromatic rings. The van der Waals surface area contributed by atoms with E-state index in [1.54, 1.807) is 12.1 Å². The van der Waals surface area contributed by atoms with Gasteiger partial charge in [-0.2, -0.15) is 13.2 Å². The molecule has 7 nitrogen and oxygen atoms in total. The number of thiophene rings is 1. The number of piperidine rings is 1. The number of carbonyl (C=O) groups excluding carboxylic acids is 1. The second-order valence-corrected chi connectivity index (χ2v) is 10.6. The van der Waals surface area contributed by atoms with Crippen molar-refractivity contribution >= 4 is 38.7 Å². The number of carbonyl (C=O) groups is 1. The molecule has 216 valence electrons. The SMILES string of the molecule is [C-]#[N+]COc1cc(C(=O)NC)c(F)cc1NCC#Cc1sc2c(NC3CCN(C)CC3)cccc2c1CC(F)(F)F. The summed E-state index contributed by atoms with van der Waals surface area (Å²) in [7, 11) is 3.43. The van der Waals surface area contributed by atoms with Crippen molar-refractivity contribution in [2.75, 3.05) is 51.1 Å². The maximum Gasteiger partial charge on any atom is 0.393 e. The second kappa shape index (κ2) is 13.1. The van der Waals surface area contributed by atoms with Crippen molar-refractivity contribution in [1.82, 2.24) is 10.2 Å². The maximum atomic E-state index is 14.6. The van der Waals surface area contributed by atoms with Gasteiger partial charge in [0.2, 0.25) is 0 Å². The summed E-state index contributed by atoms with van der Waals surface area (Å²) in [5.74, 6) is 4.31. The van der Waals surface area contributed by atoms with Crippen LogP contribution in [-0.2, 0) is 6.42 Å². The molecular weight excluding hydrogens is 558 g/mol. The Morgan fingerprint density at radius 2 is 2.00 bits per heavy atom. The first-order chi connectivity index (χ1) is 19.6. The van der Waals surface area contributed by atoms with Crippen LogP contribution in [-0.4, -0.2) is 63.5 Å². The van der Waals surface area contributed by atoms with Crippen LogP contribution in [0.4, 0.5) is 28.9 Å². The molecule has 4 rings (SSSR count). The molecule has 1 aliphatic rings. The molecule has 0 spiro atoms. The summed E-state index contributed by atoms with van der Waals surface area (Å²) in [4.78, 5) is 17.6. The standard InChI is InChI=1S/C29H29F4N5O2S/c1-34-17-40-25-14-20(28(39)35-2)22(30)15-24(25)36-11-5-8-26-21(16-29(31,32)33)19-6-4-7-23(27(19)41-26)37-18-9-12-38(3)13-10-18/h4,6-7,14-15,18,36-37H,9-13,16-17H2,2-3H3,(H,35,39). The third kappa shape index (κ3) is 7.60. The van der Waals surface area contributed by atoms with Crippen LogP contribution in [0.25, 0.3) is 14.9 Å². The zero-order valence-corrected chi connectivity index (χ0v) is 23.4. The van der Waals surface area contributed by atoms with Crippen LogP contribution in [0.15, 0.2) is 30.3 Å². The summed E-state index contributed by atoms with van der Waals surface area (Å²) in [5, 5.41) is 9.26. The molecule has 2 heterocycles. The van der Waals surface area contributed by atoms with E-state index in [1.165, 1.54) is 24.5 Å². The highest BCUT2D eigenvalue weighted by molar-refractivity contribution is 7.20. The van der Waals surface area contributed by atoms with Crippen LogP contribution in [0.5, 0.6) is 5.75 Å². The minimum atomic E-state index is -4.42. The highest BCUT2D eigenvalue weighted by Crippen LogP contribution is 2.39. The first-order valence-corrected chi connectivity index (χ1v) is 13.7. The average Bonchev–Trinajstić information content (AvgIpc) is 3.28. The Balaban J connectivity index is 1.61. The van der Waals surface area contributed by atoms with Crippen molar-refractivity contribution in [3.63, 3.8) is 0 Å². The first-order valence-electron chi connectivity index (χ1n) is 12.9. The number of ether oxygens (including phenoxy) is 1. The van der Waals surface area contributed by atoms with E-state index >= 15 is 0 Å². The molecule has 0 atom stereocenters. The fourth-order valence-electron chi connectivity index (χ4n) is 4.62. The van der Waals surface area contributed by atoms with Gasteiger partial charge < -0.3 is 25.6 Å². The van der Waals surface area contributed by atoms with Gasteiger partial charge in [0.25, 0.3) is 5.91 Å². The van der Waals surface area contributed by atoms with Crippen LogP contribution in [0.1, 0.15) is 33.6 Å². The molecule has 2 aromatic carbocycles. The van der Waals surface area contributed by atoms with Crippen molar-refractivity contribution < 1.29 is 27.1 Å². The molecule has 41 heavy (non-hydrogen) atoms. The lowest BCUT2D eigenvalue weighted by molar-refractivity contribution is -0.126. The molecule has 1 saturated heterocycles. The van der Waals surface area contributed by atoms with Crippen molar-refractivity contribution in [1.29, 1.82) is 0 Å². The van der Waals surface area contributed by atoms with Gasteiger partial charge in [-0.25, -0.2) is 11.0 Å². The van der Waals surface area contributed by atoms with Gasteiger partial charge >= 0.3 is 12.9 Å². The molecule has 0 aliphatic carbocycles. The lowest BCUT2D eigenvalue weighted by atomic mass is 10.0. The number of benzene rings is 2. The highest BCUT2D eigenvalue weighted by atomic mass is 32.1. The lowest BCUT2D eigenvalue weighted by Gasteiger charge is -2.30. The predicted molar refractivity (Wildman–Crippen MR) is 153 cm³/mol. The molecule has 1 fully saturated rings. The van der Waals surface area contributed by atoms with Crippen LogP contribution >= 0.6 is 11.3 Å². The molecule has 12 heteroatoms. The van der Waals surface area contributed by atoms with Gasteiger partial charge in [0.15, 0.2) is 5.75 Å². The number of anilines is 2. The fraction of sp³-hybridized carbons (Fsp3) is 0.379. The molecule has 1 amide bonds. The Labute approximate surface area is 239 Å². The predicted octanol–water partition coefficient (Wildman–Crippen LogP) is 5.73. The molecule has 1 aromatic heterocycles. The molecule has 0 saturated carbocycles. The number of amides is 1. The zero-order valence-electron chi connectivity index (χ0n) is 22.5. The van der Waals surface area contributed by atoms with Gasteiger partial charge in [-0.1, -0.05) is 24.0 Å². The minimum absolute atomic E-state index is 0.0481. The maximum absolute atomic E-state index is 14.6. The van der Waals surface area contributed by atoms with E-state index < -0.39 is 24.3 Å². The summed E-state index contributed by atoms with van der Waals surface area (Å²) in [6.45, 7) is 8.44. The lowest BCUT2D eigenvalue weighted by Crippen LogP contribution is -2.36. The Morgan fingerprint density at radius 1 is 1.24 bits per heavy atom. The van der Waals surface area contributed by atoms with Gasteiger partial charge in [-0.15, -0.1) is 11.3 Å². The number of rotatable bonds is 8. The first kappa shape index (κ1) is 30.0. The van der Waals surface area contributed by atoms with Crippen LogP contribution in [0.3, 0.4) is 0 Å². The fourth-order valence-corrected chi connectivity index (χ4v) is 5.79. The third-order valence-electron chi connectivity index (χ3n) is 6.67. The summed E-state index contributed by atoms with van der Waals surface area (Å²) in [6, 6.07) is 7.80.